The van der Waals surface area contributed by atoms with Crippen LogP contribution in [0.2, 0.25) is 0 Å². The van der Waals surface area contributed by atoms with Crippen LogP contribution in [0.4, 0.5) is 0 Å². The van der Waals surface area contributed by atoms with Crippen LogP contribution in [0.1, 0.15) is 22.3 Å². The average Bonchev–Trinajstić information content (AvgIpc) is 3.23. The molecule has 0 saturated heterocycles. The van der Waals surface area contributed by atoms with Gasteiger partial charge in [-0.15, -0.1) is 0 Å². The van der Waals surface area contributed by atoms with Crippen LogP contribution in [0.15, 0.2) is 258 Å². The van der Waals surface area contributed by atoms with Crippen molar-refractivity contribution in [3.8, 4) is 0 Å². The molecule has 0 amide bonds. The minimum absolute atomic E-state index is 1.18. The van der Waals surface area contributed by atoms with Crippen molar-refractivity contribution in [2.24, 2.45) is 0 Å². The highest BCUT2D eigenvalue weighted by molar-refractivity contribution is 8.00. The van der Waals surface area contributed by atoms with E-state index in [1.165, 1.54) is 72.6 Å². The molecule has 0 heterocycles. The highest BCUT2D eigenvalue weighted by Gasteiger charge is 2.18. The minimum Gasteiger partial charge on any atom is -0.0901 e. The second kappa shape index (κ2) is 17.8. The fraction of sp³-hybridized carbons (Fsp3) is 0. The maximum Gasteiger partial charge on any atom is 0.0122 e. The molecule has 8 rings (SSSR count). The van der Waals surface area contributed by atoms with Gasteiger partial charge in [0.1, 0.15) is 0 Å². The third-order valence-electron chi connectivity index (χ3n) is 8.74. The molecule has 0 atom stereocenters. The van der Waals surface area contributed by atoms with Gasteiger partial charge in [-0.05, 0) is 130 Å². The van der Waals surface area contributed by atoms with Gasteiger partial charge in [-0.2, -0.15) is 0 Å². The molecule has 0 unspecified atom stereocenters. The van der Waals surface area contributed by atoms with E-state index in [1.807, 2.05) is 0 Å². The van der Waals surface area contributed by atoms with E-state index in [-0.39, 0.29) is 0 Å². The predicted molar refractivity (Wildman–Crippen MR) is 233 cm³/mol. The lowest BCUT2D eigenvalue weighted by Gasteiger charge is -2.19. The summed E-state index contributed by atoms with van der Waals surface area (Å²) in [6.45, 7) is 0. The quantitative estimate of drug-likeness (QED) is 0.114. The molecule has 8 aromatic rings. The van der Waals surface area contributed by atoms with E-state index < -0.39 is 0 Å². The van der Waals surface area contributed by atoms with Crippen molar-refractivity contribution in [3.63, 3.8) is 0 Å². The molecule has 0 saturated carbocycles. The van der Waals surface area contributed by atoms with E-state index >= 15 is 0 Å². The van der Waals surface area contributed by atoms with Crippen LogP contribution in [0, 0.1) is 0 Å². The Morgan fingerprint density at radius 3 is 0.537 bits per heavy atom. The summed E-state index contributed by atoms with van der Waals surface area (Å²) in [5.74, 6) is 0. The van der Waals surface area contributed by atoms with Gasteiger partial charge in [-0.25, -0.2) is 0 Å². The zero-order valence-electron chi connectivity index (χ0n) is 29.4. The van der Waals surface area contributed by atoms with Gasteiger partial charge in [0.05, 0.1) is 0 Å². The minimum atomic E-state index is 1.18. The topological polar surface area (TPSA) is 0 Å². The lowest BCUT2D eigenvalue weighted by molar-refractivity contribution is 1.36. The summed E-state index contributed by atoms with van der Waals surface area (Å²) < 4.78 is 0. The Kier molecular flexibility index (Phi) is 11.8. The van der Waals surface area contributed by atoms with E-state index in [0.717, 1.165) is 0 Å². The molecule has 54 heavy (non-hydrogen) atoms. The lowest BCUT2D eigenvalue weighted by atomic mass is 9.86. The number of hydrogen-bond acceptors (Lipinski definition) is 4. The Balaban J connectivity index is 1.24. The molecular weight excluding hydrogens is 729 g/mol. The highest BCUT2D eigenvalue weighted by atomic mass is 32.2. The Hall–Kier alpha value is -5.10. The molecular formula is C50H36S4. The first kappa shape index (κ1) is 35.9. The third kappa shape index (κ3) is 9.33. The zero-order chi connectivity index (χ0) is 36.4. The summed E-state index contributed by atoms with van der Waals surface area (Å²) in [5.41, 5.74) is 7.12. The van der Waals surface area contributed by atoms with Crippen molar-refractivity contribution in [3.05, 3.63) is 241 Å². The Bertz CT molecular complexity index is 2060. The molecule has 0 fully saturated rings. The van der Waals surface area contributed by atoms with Gasteiger partial charge in [0.25, 0.3) is 0 Å². The van der Waals surface area contributed by atoms with E-state index in [0.29, 0.717) is 0 Å². The van der Waals surface area contributed by atoms with Crippen molar-refractivity contribution < 1.29 is 0 Å². The highest BCUT2D eigenvalue weighted by Crippen LogP contribution is 2.41. The monoisotopic (exact) mass is 764 g/mol. The van der Waals surface area contributed by atoms with Crippen LogP contribution in [-0.2, 0) is 0 Å². The first-order valence-corrected chi connectivity index (χ1v) is 21.1. The SMILES string of the molecule is c1ccc(Sc2ccc(C(=C(c3ccc(Sc4ccccc4)cc3)c3ccc(Sc4ccccc4)cc3)c3ccc(Sc4ccccc4)cc3)cc2)cc1. The summed E-state index contributed by atoms with van der Waals surface area (Å²) in [6.07, 6.45) is 0. The van der Waals surface area contributed by atoms with E-state index in [4.69, 9.17) is 0 Å². The molecule has 8 aromatic carbocycles. The van der Waals surface area contributed by atoms with Gasteiger partial charge in [-0.1, -0.05) is 168 Å². The molecule has 0 aliphatic rings. The molecule has 0 N–H and O–H groups in total. The van der Waals surface area contributed by atoms with E-state index in [9.17, 15) is 0 Å². The Morgan fingerprint density at radius 1 is 0.185 bits per heavy atom. The Labute approximate surface area is 335 Å². The zero-order valence-corrected chi connectivity index (χ0v) is 32.7. The number of hydrogen-bond donors (Lipinski definition) is 0. The predicted octanol–water partition coefficient (Wildman–Crippen LogP) is 15.3. The molecule has 0 aromatic heterocycles. The fourth-order valence-electron chi connectivity index (χ4n) is 6.17. The van der Waals surface area contributed by atoms with E-state index in [1.54, 1.807) is 47.0 Å². The summed E-state index contributed by atoms with van der Waals surface area (Å²) >= 11 is 7.16. The van der Waals surface area contributed by atoms with Gasteiger partial charge in [0.2, 0.25) is 0 Å². The van der Waals surface area contributed by atoms with Crippen LogP contribution >= 0.6 is 47.0 Å². The first-order valence-electron chi connectivity index (χ1n) is 17.8. The van der Waals surface area contributed by atoms with Gasteiger partial charge < -0.3 is 0 Å². The normalized spacial score (nSPS) is 10.9. The second-order valence-corrected chi connectivity index (χ2v) is 17.1. The first-order chi connectivity index (χ1) is 26.7. The molecule has 4 heteroatoms. The summed E-state index contributed by atoms with van der Waals surface area (Å²) in [6, 6.07) is 78.6. The van der Waals surface area contributed by atoms with Crippen molar-refractivity contribution in [1.29, 1.82) is 0 Å². The second-order valence-electron chi connectivity index (χ2n) is 12.5. The summed E-state index contributed by atoms with van der Waals surface area (Å²) in [7, 11) is 0. The smallest absolute Gasteiger partial charge is 0.0122 e. The van der Waals surface area contributed by atoms with Crippen LogP contribution in [0.25, 0.3) is 11.1 Å². The number of benzene rings is 8. The standard InChI is InChI=1S/C50H36S4/c1-5-13-41(14-6-1)51-45-29-21-37(22-30-45)49(38-23-31-46(32-24-38)52-42-15-7-2-8-16-42)50(39-25-33-47(34-26-39)53-43-17-9-3-10-18-43)40-27-35-48(36-28-40)54-44-19-11-4-12-20-44/h1-36H. The molecule has 260 valence electrons. The van der Waals surface area contributed by atoms with Gasteiger partial charge >= 0.3 is 0 Å². The number of rotatable bonds is 12. The van der Waals surface area contributed by atoms with Crippen molar-refractivity contribution in [2.45, 2.75) is 39.2 Å². The average molecular weight is 765 g/mol. The lowest BCUT2D eigenvalue weighted by Crippen LogP contribution is -1.98. The van der Waals surface area contributed by atoms with Crippen LogP contribution in [0.5, 0.6) is 0 Å². The molecule has 0 radical (unpaired) electrons. The largest absolute Gasteiger partial charge is 0.0901 e. The summed E-state index contributed by atoms with van der Waals surface area (Å²) in [5, 5.41) is 0. The van der Waals surface area contributed by atoms with Gasteiger partial charge in [0.15, 0.2) is 0 Å². The molecule has 0 bridgehead atoms. The van der Waals surface area contributed by atoms with Crippen molar-refractivity contribution in [1.82, 2.24) is 0 Å². The van der Waals surface area contributed by atoms with Crippen LogP contribution in [-0.4, -0.2) is 0 Å². The molecule has 0 spiro atoms. The van der Waals surface area contributed by atoms with Gasteiger partial charge in [0, 0.05) is 39.2 Å². The van der Waals surface area contributed by atoms with Crippen molar-refractivity contribution in [2.75, 3.05) is 0 Å². The molecule has 0 nitrogen and oxygen atoms in total. The van der Waals surface area contributed by atoms with Crippen LogP contribution < -0.4 is 0 Å². The van der Waals surface area contributed by atoms with Crippen LogP contribution in [0.3, 0.4) is 0 Å². The van der Waals surface area contributed by atoms with Gasteiger partial charge in [-0.3, -0.25) is 0 Å². The maximum atomic E-state index is 2.28. The maximum absolute atomic E-state index is 2.28. The molecule has 0 aliphatic heterocycles. The fourth-order valence-corrected chi connectivity index (χ4v) is 9.52. The van der Waals surface area contributed by atoms with E-state index in [2.05, 4.69) is 218 Å². The molecule has 0 aliphatic carbocycles. The summed E-state index contributed by atoms with van der Waals surface area (Å²) in [4.78, 5) is 9.78. The third-order valence-corrected chi connectivity index (χ3v) is 12.8. The van der Waals surface area contributed by atoms with Crippen molar-refractivity contribution >= 4 is 58.2 Å². The Morgan fingerprint density at radius 2 is 0.352 bits per heavy atom.